The lowest BCUT2D eigenvalue weighted by Crippen LogP contribution is -2.65. The van der Waals surface area contributed by atoms with Gasteiger partial charge in [0.25, 0.3) is 0 Å². The summed E-state index contributed by atoms with van der Waals surface area (Å²) >= 11 is 18.9. The van der Waals surface area contributed by atoms with Crippen molar-refractivity contribution in [1.29, 1.82) is 0 Å². The van der Waals surface area contributed by atoms with Crippen LogP contribution in [0.2, 0.25) is 10.0 Å². The zero-order valence-electron chi connectivity index (χ0n) is 70.3. The fourth-order valence-corrected chi connectivity index (χ4v) is 26.2. The molecule has 0 radical (unpaired) electrons. The van der Waals surface area contributed by atoms with Gasteiger partial charge >= 0.3 is 23.9 Å². The van der Waals surface area contributed by atoms with Crippen LogP contribution in [-0.2, 0) is 38.1 Å². The summed E-state index contributed by atoms with van der Waals surface area (Å²) in [4.78, 5) is 71.9. The molecule has 20 rings (SSSR count). The van der Waals surface area contributed by atoms with Crippen LogP contribution in [0.3, 0.4) is 0 Å². The average molecular weight is 1790 g/mol. The third-order valence-corrected chi connectivity index (χ3v) is 32.6. The molecular formula is C98H128Br2Cl2N8O9. The summed E-state index contributed by atoms with van der Waals surface area (Å²) in [6.45, 7) is 11.5. The van der Waals surface area contributed by atoms with Gasteiger partial charge in [-0.05, 0) is 298 Å². The second-order valence-corrected chi connectivity index (χ2v) is 40.5. The molecule has 16 aliphatic rings. The van der Waals surface area contributed by atoms with Crippen molar-refractivity contribution < 1.29 is 42.9 Å². The Labute approximate surface area is 734 Å². The number of piperidine rings is 16. The topological polar surface area (TPSA) is 140 Å². The SMILES string of the molecule is COc1cc(/C=C\C(=O)OC2CCN3[C@@H]4C[C@@H](C[C@@H]3C2)N2CCCC[C@@H]2C4)ccc1Br.Cc1cc(/C=C\C(=O)OC2CCN3[C@@H]4C[C@@H](C[C@@H]3C2)N2CCCC[C@@H]2C4)ccc1Cl.O=C(/C=C\c1ccc(Br)cc1)OC1CCN2[C@@H]3C[C@@H](C[C@@H]2C1)N1CCCC[C@@H]1C3.O=C(/C=C\c1ccc(Cl)cc1)OC1CCN2[C@@H]3C[C@@H](C[C@@H]2C1)N1CCCC[C@@H]1C3. The van der Waals surface area contributed by atoms with Crippen LogP contribution < -0.4 is 4.74 Å². The van der Waals surface area contributed by atoms with E-state index in [0.717, 1.165) is 198 Å². The van der Waals surface area contributed by atoms with Crippen LogP contribution in [0.15, 0.2) is 118 Å². The van der Waals surface area contributed by atoms with Crippen molar-refractivity contribution in [3.05, 3.63) is 156 Å². The summed E-state index contributed by atoms with van der Waals surface area (Å²) in [7, 11) is 1.64. The molecule has 0 aliphatic carbocycles. The van der Waals surface area contributed by atoms with E-state index in [4.69, 9.17) is 46.9 Å². The van der Waals surface area contributed by atoms with Crippen LogP contribution in [0, 0.1) is 6.92 Å². The molecule has 16 heterocycles. The first-order valence-corrected chi connectivity index (χ1v) is 48.5. The van der Waals surface area contributed by atoms with E-state index in [9.17, 15) is 19.2 Å². The molecule has 4 unspecified atom stereocenters. The molecule has 0 saturated carbocycles. The van der Waals surface area contributed by atoms with Gasteiger partial charge in [-0.1, -0.05) is 107 Å². The summed E-state index contributed by atoms with van der Waals surface area (Å²) in [6.07, 6.45) is 54.0. The number of aryl methyl sites for hydroxylation is 1. The number of methoxy groups -OCH3 is 1. The van der Waals surface area contributed by atoms with Crippen molar-refractivity contribution in [2.75, 3.05) is 59.5 Å². The Morgan fingerprint density at radius 3 is 0.908 bits per heavy atom. The number of fused-ring (bicyclic) bond motifs is 24. The minimum absolute atomic E-state index is 0.0360. The molecule has 0 N–H and O–H groups in total. The van der Waals surface area contributed by atoms with Crippen molar-refractivity contribution in [1.82, 2.24) is 39.2 Å². The maximum absolute atomic E-state index is 12.5. The molecule has 0 aromatic heterocycles. The van der Waals surface area contributed by atoms with E-state index in [2.05, 4.69) is 71.1 Å². The molecule has 119 heavy (non-hydrogen) atoms. The third-order valence-electron chi connectivity index (χ3n) is 30.7. The smallest absolute Gasteiger partial charge is 0.331 e. The first-order valence-electron chi connectivity index (χ1n) is 46.2. The number of carbonyl (C=O) groups is 4. The van der Waals surface area contributed by atoms with Crippen molar-refractivity contribution in [2.45, 2.75) is 333 Å². The molecule has 4 aromatic carbocycles. The fraction of sp³-hybridized carbons (Fsp3) is 0.633. The molecule has 16 fully saturated rings. The van der Waals surface area contributed by atoms with E-state index >= 15 is 0 Å². The standard InChI is InChI=1S/C25H33BrN2O3.C25H33ClN2O2.C24H31BrN2O2.C24H31ClN2O2/c1-30-24-12-17(5-7-23(24)26)6-8-25(29)31-22-9-11-28-19-13-18-4-2-3-10-27(18)20(14-19)15-21(28)16-22;1-17-12-18(5-7-24(17)26)6-8-25(29)30-23-9-11-28-20-13-19-4-2-3-10-27(19)21(14-20)15-22(28)16-23;2*25-18-7-4-17(5-8-18)6-9-24(28)29-23-10-12-27-20-13-19-3-1-2-11-26(19)21(14-20)15-22(27)16-23/h5-8,12,18-22H,2-4,9-11,13-16H2,1H3;5-8,12,19-23H,2-4,9-11,13-16H2,1H3;2*4-9,19-23H,1-3,10-16H2/b2*8-6-;2*9-6-/t18-,19+,20+,21-,22?;3*19-,20+,21+,22-,23?/m1111/s1. The van der Waals surface area contributed by atoms with Crippen LogP contribution in [-0.4, -0.2) is 244 Å². The molecule has 642 valence electrons. The molecule has 16 aliphatic heterocycles. The zero-order chi connectivity index (χ0) is 81.6. The maximum atomic E-state index is 12.5. The normalized spacial score (nSPS) is 34.5. The summed E-state index contributed by atoms with van der Waals surface area (Å²) < 4.78 is 30.6. The van der Waals surface area contributed by atoms with Crippen molar-refractivity contribution in [3.63, 3.8) is 0 Å². The van der Waals surface area contributed by atoms with Gasteiger partial charge in [0, 0.05) is 187 Å². The molecule has 20 atom stereocenters. The maximum Gasteiger partial charge on any atom is 0.331 e. The van der Waals surface area contributed by atoms with Gasteiger partial charge in [-0.2, -0.15) is 0 Å². The quantitative estimate of drug-likeness (QED) is 0.0711. The van der Waals surface area contributed by atoms with Gasteiger partial charge in [0.2, 0.25) is 0 Å². The Hall–Kier alpha value is -5.26. The Balaban J connectivity index is 0.000000113. The lowest BCUT2D eigenvalue weighted by atomic mass is 9.76. The summed E-state index contributed by atoms with van der Waals surface area (Å²) in [5.41, 5.74) is 4.87. The number of rotatable bonds is 13. The molecule has 4 aromatic rings. The number of esters is 4. The first-order chi connectivity index (χ1) is 58.0. The van der Waals surface area contributed by atoms with Gasteiger partial charge in [0.1, 0.15) is 30.2 Å². The number of benzene rings is 4. The second-order valence-electron chi connectivity index (χ2n) is 37.8. The van der Waals surface area contributed by atoms with Crippen LogP contribution in [0.25, 0.3) is 24.3 Å². The lowest BCUT2D eigenvalue weighted by Gasteiger charge is -2.58. The van der Waals surface area contributed by atoms with Gasteiger partial charge in [-0.3, -0.25) is 39.2 Å². The van der Waals surface area contributed by atoms with E-state index in [-0.39, 0.29) is 48.3 Å². The van der Waals surface area contributed by atoms with E-state index in [1.807, 2.05) is 104 Å². The Morgan fingerprint density at radius 2 is 0.588 bits per heavy atom. The predicted molar refractivity (Wildman–Crippen MR) is 480 cm³/mol. The highest BCUT2D eigenvalue weighted by Crippen LogP contribution is 2.48. The lowest BCUT2D eigenvalue weighted by molar-refractivity contribution is -0.151. The van der Waals surface area contributed by atoms with Crippen molar-refractivity contribution in [3.8, 4) is 5.75 Å². The van der Waals surface area contributed by atoms with Gasteiger partial charge in [0.15, 0.2) is 0 Å². The molecule has 0 amide bonds. The largest absolute Gasteiger partial charge is 0.496 e. The van der Waals surface area contributed by atoms with E-state index in [1.54, 1.807) is 43.6 Å². The van der Waals surface area contributed by atoms with Gasteiger partial charge < -0.3 is 23.7 Å². The van der Waals surface area contributed by atoms with Crippen LogP contribution >= 0.6 is 55.1 Å². The Bertz CT molecular complexity index is 4140. The zero-order valence-corrected chi connectivity index (χ0v) is 75.0. The third kappa shape index (κ3) is 21.3. The predicted octanol–water partition coefficient (Wildman–Crippen LogP) is 18.6. The van der Waals surface area contributed by atoms with Crippen LogP contribution in [0.1, 0.15) is 233 Å². The van der Waals surface area contributed by atoms with Gasteiger partial charge in [-0.25, -0.2) is 19.2 Å². The summed E-state index contributed by atoms with van der Waals surface area (Å²) in [5.74, 6) is -0.161. The molecule has 16 saturated heterocycles. The van der Waals surface area contributed by atoms with Crippen molar-refractivity contribution >= 4 is 103 Å². The highest BCUT2D eigenvalue weighted by atomic mass is 79.9. The summed E-state index contributed by atoms with van der Waals surface area (Å²) in [6, 6.07) is 38.5. The minimum atomic E-state index is -0.243. The number of nitrogens with zero attached hydrogens (tertiary/aromatic N) is 8. The number of hydrogen-bond acceptors (Lipinski definition) is 17. The number of ether oxygens (including phenoxy) is 5. The molecular weight excluding hydrogens is 1660 g/mol. The fourth-order valence-electron chi connectivity index (χ4n) is 25.3. The molecule has 17 nitrogen and oxygen atoms in total. The first kappa shape index (κ1) is 85.9. The Morgan fingerprint density at radius 1 is 0.319 bits per heavy atom. The second kappa shape index (κ2) is 39.9. The molecule has 0 spiro atoms. The average Bonchev–Trinajstić information content (AvgIpc) is 0.775. The van der Waals surface area contributed by atoms with E-state index < -0.39 is 0 Å². The number of halogens is 4. The van der Waals surface area contributed by atoms with Crippen LogP contribution in [0.4, 0.5) is 0 Å². The van der Waals surface area contributed by atoms with Gasteiger partial charge in [0.05, 0.1) is 11.6 Å². The van der Waals surface area contributed by atoms with E-state index in [1.165, 1.54) is 180 Å². The minimum Gasteiger partial charge on any atom is -0.496 e. The van der Waals surface area contributed by atoms with Crippen LogP contribution in [0.5, 0.6) is 5.75 Å². The molecule has 8 bridgehead atoms. The number of hydrogen-bond donors (Lipinski definition) is 0. The van der Waals surface area contributed by atoms with E-state index in [0.29, 0.717) is 29.2 Å². The summed E-state index contributed by atoms with van der Waals surface area (Å²) in [5, 5.41) is 1.44. The monoisotopic (exact) mass is 1790 g/mol. The van der Waals surface area contributed by atoms with Gasteiger partial charge in [-0.15, -0.1) is 0 Å². The Kier molecular flexibility index (Phi) is 28.8. The highest BCUT2D eigenvalue weighted by molar-refractivity contribution is 9.10. The number of carbonyl (C=O) groups excluding carboxylic acids is 4. The molecule has 21 heteroatoms. The highest BCUT2D eigenvalue weighted by Gasteiger charge is 2.52. The van der Waals surface area contributed by atoms with Crippen molar-refractivity contribution in [2.24, 2.45) is 0 Å².